The van der Waals surface area contributed by atoms with Crippen molar-refractivity contribution < 1.29 is 26.7 Å². The van der Waals surface area contributed by atoms with Crippen LogP contribution in [0.4, 0.5) is 8.78 Å². The number of carbonyl (C=O) groups is 1. The Bertz CT molecular complexity index is 1110. The zero-order valence-corrected chi connectivity index (χ0v) is 22.4. The van der Waals surface area contributed by atoms with E-state index in [1.807, 2.05) is 11.9 Å². The fourth-order valence-corrected chi connectivity index (χ4v) is 6.82. The van der Waals surface area contributed by atoms with E-state index >= 15 is 0 Å². The molecule has 0 aromatic heterocycles. The molecule has 0 radical (unpaired) electrons. The van der Waals surface area contributed by atoms with Crippen LogP contribution in [-0.2, 0) is 14.8 Å². The van der Waals surface area contributed by atoms with Gasteiger partial charge in [-0.1, -0.05) is 6.92 Å². The number of hydrogen-bond acceptors (Lipinski definition) is 7. The number of alkyl halides is 2. The van der Waals surface area contributed by atoms with E-state index in [9.17, 15) is 22.0 Å². The predicted octanol–water partition coefficient (Wildman–Crippen LogP) is 1.74. The molecule has 1 fully saturated rings. The normalized spacial score (nSPS) is 21.9. The molecule has 1 atom stereocenters. The Labute approximate surface area is 218 Å². The summed E-state index contributed by atoms with van der Waals surface area (Å²) >= 11 is 0. The monoisotopic (exact) mass is 541 g/mol. The number of rotatable bonds is 11. The molecule has 9 nitrogen and oxygen atoms in total. The molecule has 0 aliphatic carbocycles. The third-order valence-corrected chi connectivity index (χ3v) is 8.97. The molecular formula is C25H37F2N5O4S. The summed E-state index contributed by atoms with van der Waals surface area (Å²) in [6.07, 6.45) is 1.40. The Morgan fingerprint density at radius 3 is 2.51 bits per heavy atom. The minimum Gasteiger partial charge on any atom is -0.490 e. The molecule has 3 aliphatic heterocycles. The summed E-state index contributed by atoms with van der Waals surface area (Å²) < 4.78 is 59.7. The molecule has 0 bridgehead atoms. The minimum absolute atomic E-state index is 0.102. The van der Waals surface area contributed by atoms with Gasteiger partial charge in [-0.25, -0.2) is 12.8 Å². The van der Waals surface area contributed by atoms with Crippen LogP contribution in [0, 0.1) is 0 Å². The molecule has 12 heteroatoms. The fraction of sp³-hybridized carbons (Fsp3) is 0.640. The van der Waals surface area contributed by atoms with Gasteiger partial charge in [0.1, 0.15) is 24.7 Å². The van der Waals surface area contributed by atoms with E-state index in [4.69, 9.17) is 4.74 Å². The SMILES string of the molecule is CCCN1CC2=C(C(=O)NC2c2cc(S(=O)(=O)N3CCN(CCCF)CC3)ccc2OCCF)N(C)C1. The Hall–Kier alpha value is -2.28. The lowest BCUT2D eigenvalue weighted by Crippen LogP contribution is -2.48. The smallest absolute Gasteiger partial charge is 0.268 e. The minimum atomic E-state index is -3.81. The molecule has 37 heavy (non-hydrogen) atoms. The highest BCUT2D eigenvalue weighted by Crippen LogP contribution is 2.39. The summed E-state index contributed by atoms with van der Waals surface area (Å²) in [5.41, 5.74) is 1.95. The summed E-state index contributed by atoms with van der Waals surface area (Å²) in [6, 6.07) is 4.01. The molecule has 1 unspecified atom stereocenters. The number of ether oxygens (including phenoxy) is 1. The van der Waals surface area contributed by atoms with Gasteiger partial charge in [-0.15, -0.1) is 0 Å². The molecule has 0 saturated carbocycles. The number of amides is 1. The van der Waals surface area contributed by atoms with E-state index in [0.29, 0.717) is 69.4 Å². The second kappa shape index (κ2) is 12.1. The summed E-state index contributed by atoms with van der Waals surface area (Å²) in [7, 11) is -1.95. The zero-order chi connectivity index (χ0) is 26.6. The highest BCUT2D eigenvalue weighted by molar-refractivity contribution is 7.89. The van der Waals surface area contributed by atoms with Crippen LogP contribution in [0.3, 0.4) is 0 Å². The average Bonchev–Trinajstić information content (AvgIpc) is 3.22. The Balaban J connectivity index is 1.65. The molecule has 1 N–H and O–H groups in total. The Kier molecular flexibility index (Phi) is 9.04. The molecule has 206 valence electrons. The largest absolute Gasteiger partial charge is 0.490 e. The van der Waals surface area contributed by atoms with Crippen LogP contribution in [0.2, 0.25) is 0 Å². The second-order valence-corrected chi connectivity index (χ2v) is 11.6. The van der Waals surface area contributed by atoms with Crippen molar-refractivity contribution in [3.63, 3.8) is 0 Å². The topological polar surface area (TPSA) is 85.4 Å². The molecule has 1 aromatic carbocycles. The molecule has 1 aromatic rings. The van der Waals surface area contributed by atoms with Gasteiger partial charge in [-0.2, -0.15) is 4.31 Å². The number of nitrogens with one attached hydrogen (secondary N) is 1. The van der Waals surface area contributed by atoms with Crippen molar-refractivity contribution in [2.45, 2.75) is 30.7 Å². The van der Waals surface area contributed by atoms with Gasteiger partial charge in [-0.3, -0.25) is 14.1 Å². The molecule has 4 rings (SSSR count). The predicted molar refractivity (Wildman–Crippen MR) is 136 cm³/mol. The van der Waals surface area contributed by atoms with Gasteiger partial charge in [0.15, 0.2) is 0 Å². The van der Waals surface area contributed by atoms with Crippen molar-refractivity contribution in [1.82, 2.24) is 24.3 Å². The maximum atomic E-state index is 13.6. The van der Waals surface area contributed by atoms with Gasteiger partial charge >= 0.3 is 0 Å². The van der Waals surface area contributed by atoms with E-state index in [-0.39, 0.29) is 24.1 Å². The highest BCUT2D eigenvalue weighted by Gasteiger charge is 2.40. The summed E-state index contributed by atoms with van der Waals surface area (Å²) in [4.78, 5) is 19.3. The van der Waals surface area contributed by atoms with Crippen molar-refractivity contribution in [3.05, 3.63) is 35.0 Å². The van der Waals surface area contributed by atoms with Crippen LogP contribution < -0.4 is 10.1 Å². The van der Waals surface area contributed by atoms with Crippen LogP contribution in [0.15, 0.2) is 34.4 Å². The van der Waals surface area contributed by atoms with Crippen molar-refractivity contribution in [1.29, 1.82) is 0 Å². The van der Waals surface area contributed by atoms with Crippen molar-refractivity contribution >= 4 is 15.9 Å². The second-order valence-electron chi connectivity index (χ2n) is 9.70. The fourth-order valence-electron chi connectivity index (χ4n) is 5.37. The first-order chi connectivity index (χ1) is 17.8. The van der Waals surface area contributed by atoms with Crippen LogP contribution >= 0.6 is 0 Å². The third kappa shape index (κ3) is 5.92. The van der Waals surface area contributed by atoms with E-state index in [1.165, 1.54) is 10.4 Å². The number of carbonyl (C=O) groups excluding carboxylic acids is 1. The zero-order valence-electron chi connectivity index (χ0n) is 21.6. The van der Waals surface area contributed by atoms with Crippen LogP contribution in [0.25, 0.3) is 0 Å². The molecule has 1 amide bonds. The first-order valence-electron chi connectivity index (χ1n) is 12.9. The van der Waals surface area contributed by atoms with E-state index < -0.39 is 22.7 Å². The third-order valence-electron chi connectivity index (χ3n) is 7.07. The van der Waals surface area contributed by atoms with E-state index in [2.05, 4.69) is 22.0 Å². The number of hydrogen-bond donors (Lipinski definition) is 1. The van der Waals surface area contributed by atoms with E-state index in [0.717, 1.165) is 18.5 Å². The van der Waals surface area contributed by atoms with Gasteiger partial charge in [0.05, 0.1) is 24.3 Å². The summed E-state index contributed by atoms with van der Waals surface area (Å²) in [5.74, 6) is 0.134. The molecule has 3 aliphatic rings. The molecule has 3 heterocycles. The maximum absolute atomic E-state index is 13.6. The van der Waals surface area contributed by atoms with E-state index in [1.54, 1.807) is 12.1 Å². The number of sulfonamides is 1. The van der Waals surface area contributed by atoms with Gasteiger partial charge in [-0.05, 0) is 43.2 Å². The maximum Gasteiger partial charge on any atom is 0.268 e. The van der Waals surface area contributed by atoms with Crippen molar-refractivity contribution in [2.75, 3.05) is 79.5 Å². The summed E-state index contributed by atoms with van der Waals surface area (Å²) in [5, 5.41) is 3.00. The Morgan fingerprint density at radius 2 is 1.84 bits per heavy atom. The lowest BCUT2D eigenvalue weighted by molar-refractivity contribution is -0.118. The Morgan fingerprint density at radius 1 is 1.08 bits per heavy atom. The van der Waals surface area contributed by atoms with Crippen molar-refractivity contribution in [2.24, 2.45) is 0 Å². The summed E-state index contributed by atoms with van der Waals surface area (Å²) in [6.45, 7) is 5.22. The standard InChI is InChI=1S/C25H37F2N5O4S/c1-3-9-31-17-21-23(28-25(33)24(21)29(2)18-31)20-16-19(5-6-22(20)36-15-8-27)37(34,35)32-13-11-30(12-14-32)10-4-7-26/h5-6,16,23H,3-4,7-15,17-18H2,1-2H3,(H,28,33). The van der Waals surface area contributed by atoms with Crippen LogP contribution in [-0.4, -0.2) is 113 Å². The number of piperazine rings is 1. The van der Waals surface area contributed by atoms with Crippen molar-refractivity contribution in [3.8, 4) is 5.75 Å². The average molecular weight is 542 g/mol. The van der Waals surface area contributed by atoms with Gasteiger partial charge < -0.3 is 19.9 Å². The van der Waals surface area contributed by atoms with Gasteiger partial charge in [0.2, 0.25) is 10.0 Å². The molecule has 1 saturated heterocycles. The highest BCUT2D eigenvalue weighted by atomic mass is 32.2. The van der Waals surface area contributed by atoms with Crippen LogP contribution in [0.1, 0.15) is 31.4 Å². The van der Waals surface area contributed by atoms with Crippen LogP contribution in [0.5, 0.6) is 5.75 Å². The number of halogens is 2. The molecular weight excluding hydrogens is 504 g/mol. The number of likely N-dealkylation sites (N-methyl/N-ethyl adjacent to an activating group) is 1. The quantitative estimate of drug-likeness (QED) is 0.457. The number of nitrogens with zero attached hydrogens (tertiary/aromatic N) is 4. The first kappa shape index (κ1) is 27.7. The molecule has 0 spiro atoms. The first-order valence-corrected chi connectivity index (χ1v) is 14.3. The lowest BCUT2D eigenvalue weighted by Gasteiger charge is -2.35. The number of benzene rings is 1. The lowest BCUT2D eigenvalue weighted by atomic mass is 9.97. The van der Waals surface area contributed by atoms with Gasteiger partial charge in [0.25, 0.3) is 5.91 Å². The van der Waals surface area contributed by atoms with Gasteiger partial charge in [0, 0.05) is 51.9 Å².